The topological polar surface area (TPSA) is 86.6 Å². The zero-order chi connectivity index (χ0) is 25.8. The van der Waals surface area contributed by atoms with Gasteiger partial charge in [-0.2, -0.15) is 0 Å². The third-order valence-electron chi connectivity index (χ3n) is 6.05. The Balaban J connectivity index is 1.72. The second-order valence-corrected chi connectivity index (χ2v) is 8.55. The van der Waals surface area contributed by atoms with Gasteiger partial charge in [-0.05, 0) is 31.0 Å². The molecule has 0 unspecified atom stereocenters. The maximum Gasteiger partial charge on any atom is 0.244 e. The van der Waals surface area contributed by atoms with Gasteiger partial charge in [0.2, 0.25) is 11.3 Å². The number of benzene rings is 3. The van der Waals surface area contributed by atoms with E-state index in [0.717, 1.165) is 17.5 Å². The number of nitrogens with one attached hydrogen (secondary N) is 1. The van der Waals surface area contributed by atoms with Crippen molar-refractivity contribution in [1.82, 2.24) is 4.57 Å². The van der Waals surface area contributed by atoms with Crippen LogP contribution < -0.4 is 20.2 Å². The predicted octanol–water partition coefficient (Wildman–Crippen LogP) is 4.76. The molecule has 0 spiro atoms. The summed E-state index contributed by atoms with van der Waals surface area (Å²) >= 11 is 0. The molecular weight excluding hydrogens is 456 g/mol. The van der Waals surface area contributed by atoms with Gasteiger partial charge in [-0.15, -0.1) is 0 Å². The molecule has 1 aromatic heterocycles. The Morgan fingerprint density at radius 3 is 2.19 bits per heavy atom. The minimum absolute atomic E-state index is 0.0215. The van der Waals surface area contributed by atoms with Gasteiger partial charge < -0.3 is 19.4 Å². The van der Waals surface area contributed by atoms with Crippen molar-refractivity contribution in [2.45, 2.75) is 26.8 Å². The van der Waals surface area contributed by atoms with Crippen LogP contribution in [0.1, 0.15) is 34.0 Å². The van der Waals surface area contributed by atoms with Crippen LogP contribution in [0.15, 0.2) is 71.7 Å². The van der Waals surface area contributed by atoms with E-state index >= 15 is 0 Å². The second kappa shape index (κ2) is 10.5. The van der Waals surface area contributed by atoms with Gasteiger partial charge in [-0.25, -0.2) is 0 Å². The fourth-order valence-corrected chi connectivity index (χ4v) is 4.09. The molecule has 36 heavy (non-hydrogen) atoms. The van der Waals surface area contributed by atoms with E-state index in [-0.39, 0.29) is 29.2 Å². The molecule has 1 amide bonds. The molecule has 4 rings (SSSR count). The number of aryl methyl sites for hydroxylation is 2. The molecule has 0 fully saturated rings. The Morgan fingerprint density at radius 2 is 1.58 bits per heavy atom. The molecular formula is C29H28N2O5. The van der Waals surface area contributed by atoms with Crippen LogP contribution >= 0.6 is 0 Å². The Labute approximate surface area is 209 Å². The first kappa shape index (κ1) is 24.7. The van der Waals surface area contributed by atoms with E-state index in [1.54, 1.807) is 47.0 Å². The molecule has 0 atom stereocenters. The summed E-state index contributed by atoms with van der Waals surface area (Å²) < 4.78 is 12.2. The number of hydrogen-bond acceptors (Lipinski definition) is 5. The van der Waals surface area contributed by atoms with Crippen LogP contribution in [0.2, 0.25) is 0 Å². The van der Waals surface area contributed by atoms with Crippen molar-refractivity contribution in [1.29, 1.82) is 0 Å². The van der Waals surface area contributed by atoms with Gasteiger partial charge in [0.05, 0.1) is 25.3 Å². The van der Waals surface area contributed by atoms with Crippen molar-refractivity contribution < 1.29 is 19.1 Å². The number of nitrogens with zero attached hydrogens (tertiary/aromatic N) is 1. The molecule has 4 aromatic rings. The molecule has 0 bridgehead atoms. The van der Waals surface area contributed by atoms with Gasteiger partial charge >= 0.3 is 0 Å². The summed E-state index contributed by atoms with van der Waals surface area (Å²) in [5.74, 6) is 0.367. The molecule has 1 N–H and O–H groups in total. The highest BCUT2D eigenvalue weighted by atomic mass is 16.5. The van der Waals surface area contributed by atoms with Crippen molar-refractivity contribution in [2.75, 3.05) is 19.5 Å². The van der Waals surface area contributed by atoms with Crippen LogP contribution in [0.3, 0.4) is 0 Å². The van der Waals surface area contributed by atoms with Crippen LogP contribution in [0.4, 0.5) is 5.69 Å². The van der Waals surface area contributed by atoms with E-state index in [4.69, 9.17) is 9.47 Å². The Bertz CT molecular complexity index is 1480. The maximum atomic E-state index is 13.3. The number of hydrogen-bond donors (Lipinski definition) is 1. The zero-order valence-corrected chi connectivity index (χ0v) is 20.8. The molecule has 7 heteroatoms. The Hall–Kier alpha value is -4.39. The van der Waals surface area contributed by atoms with Gasteiger partial charge in [0.15, 0.2) is 5.78 Å². The summed E-state index contributed by atoms with van der Waals surface area (Å²) in [6.45, 7) is 3.81. The summed E-state index contributed by atoms with van der Waals surface area (Å²) in [5, 5.41) is 3.23. The molecule has 7 nitrogen and oxygen atoms in total. The first-order chi connectivity index (χ1) is 17.3. The fraction of sp³-hybridized carbons (Fsp3) is 0.207. The summed E-state index contributed by atoms with van der Waals surface area (Å²) in [4.78, 5) is 39.7. The zero-order valence-electron chi connectivity index (χ0n) is 20.8. The lowest BCUT2D eigenvalue weighted by Crippen LogP contribution is -2.24. The van der Waals surface area contributed by atoms with Crippen molar-refractivity contribution in [3.05, 3.63) is 99.3 Å². The lowest BCUT2D eigenvalue weighted by atomic mass is 10.00. The summed E-state index contributed by atoms with van der Waals surface area (Å²) in [6, 6.07) is 17.7. The molecule has 184 valence electrons. The van der Waals surface area contributed by atoms with Crippen LogP contribution in [0.5, 0.6) is 11.5 Å². The average Bonchev–Trinajstić information content (AvgIpc) is 2.89. The fourth-order valence-electron chi connectivity index (χ4n) is 4.09. The van der Waals surface area contributed by atoms with Crippen molar-refractivity contribution in [2.24, 2.45) is 0 Å². The quantitative estimate of drug-likeness (QED) is 0.365. The predicted molar refractivity (Wildman–Crippen MR) is 140 cm³/mol. The van der Waals surface area contributed by atoms with Crippen molar-refractivity contribution >= 4 is 28.3 Å². The van der Waals surface area contributed by atoms with Gasteiger partial charge in [0.1, 0.15) is 18.0 Å². The standard InChI is InChI=1S/C29H28N2O5/c1-5-19-7-9-20(10-8-19)28(33)25-16-31(26-11-6-18(2)12-24(26)29(25)34)17-27(32)30-21-13-22(35-3)15-23(14-21)36-4/h6-16H,5,17H2,1-4H3,(H,30,32). The number of amides is 1. The highest BCUT2D eigenvalue weighted by Crippen LogP contribution is 2.26. The SMILES string of the molecule is CCc1ccc(C(=O)c2cn(CC(=O)Nc3cc(OC)cc(OC)c3)c3ccc(C)cc3c2=O)cc1. The first-order valence-corrected chi connectivity index (χ1v) is 11.6. The summed E-state index contributed by atoms with van der Waals surface area (Å²) in [5.41, 5.74) is 3.16. The van der Waals surface area contributed by atoms with Gasteiger partial charge in [-0.1, -0.05) is 42.8 Å². The highest BCUT2D eigenvalue weighted by Gasteiger charge is 2.19. The Morgan fingerprint density at radius 1 is 0.917 bits per heavy atom. The van der Waals surface area contributed by atoms with Crippen LogP contribution in [0.25, 0.3) is 10.9 Å². The average molecular weight is 485 g/mol. The highest BCUT2D eigenvalue weighted by molar-refractivity contribution is 6.10. The largest absolute Gasteiger partial charge is 0.497 e. The van der Waals surface area contributed by atoms with Crippen molar-refractivity contribution in [3.8, 4) is 11.5 Å². The van der Waals surface area contributed by atoms with E-state index in [0.29, 0.717) is 33.7 Å². The third-order valence-corrected chi connectivity index (χ3v) is 6.05. The van der Waals surface area contributed by atoms with E-state index in [9.17, 15) is 14.4 Å². The molecule has 0 aliphatic carbocycles. The summed E-state index contributed by atoms with van der Waals surface area (Å²) in [7, 11) is 3.06. The maximum absolute atomic E-state index is 13.3. The number of aromatic nitrogens is 1. The molecule has 0 aliphatic rings. The smallest absolute Gasteiger partial charge is 0.244 e. The van der Waals surface area contributed by atoms with Crippen LogP contribution in [0, 0.1) is 6.92 Å². The minimum Gasteiger partial charge on any atom is -0.497 e. The number of carbonyl (C=O) groups excluding carboxylic acids is 2. The van der Waals surface area contributed by atoms with E-state index in [1.807, 2.05) is 32.0 Å². The molecule has 1 heterocycles. The number of carbonyl (C=O) groups is 2. The second-order valence-electron chi connectivity index (χ2n) is 8.55. The van der Waals surface area contributed by atoms with E-state index in [1.165, 1.54) is 20.4 Å². The lowest BCUT2D eigenvalue weighted by Gasteiger charge is -2.15. The van der Waals surface area contributed by atoms with Gasteiger partial charge in [-0.3, -0.25) is 14.4 Å². The Kier molecular flexibility index (Phi) is 7.20. The van der Waals surface area contributed by atoms with Crippen molar-refractivity contribution in [3.63, 3.8) is 0 Å². The number of anilines is 1. The molecule has 0 aliphatic heterocycles. The number of ketones is 1. The molecule has 0 saturated heterocycles. The number of rotatable bonds is 8. The van der Waals surface area contributed by atoms with E-state index < -0.39 is 0 Å². The lowest BCUT2D eigenvalue weighted by molar-refractivity contribution is -0.116. The summed E-state index contributed by atoms with van der Waals surface area (Å²) in [6.07, 6.45) is 2.33. The number of ether oxygens (including phenoxy) is 2. The number of pyridine rings is 1. The van der Waals surface area contributed by atoms with Gasteiger partial charge in [0.25, 0.3) is 0 Å². The van der Waals surface area contributed by atoms with Crippen LogP contribution in [-0.4, -0.2) is 30.5 Å². The number of fused-ring (bicyclic) bond motifs is 1. The monoisotopic (exact) mass is 484 g/mol. The molecule has 3 aromatic carbocycles. The minimum atomic E-state index is -0.377. The third kappa shape index (κ3) is 5.15. The first-order valence-electron chi connectivity index (χ1n) is 11.6. The normalized spacial score (nSPS) is 10.8. The van der Waals surface area contributed by atoms with Gasteiger partial charge in [0, 0.05) is 41.0 Å². The molecule has 0 radical (unpaired) electrons. The number of methoxy groups -OCH3 is 2. The molecule has 0 saturated carbocycles. The van der Waals surface area contributed by atoms with Crippen LogP contribution in [-0.2, 0) is 17.8 Å². The van der Waals surface area contributed by atoms with E-state index in [2.05, 4.69) is 5.32 Å².